The quantitative estimate of drug-likeness (QED) is 0.425. The van der Waals surface area contributed by atoms with Gasteiger partial charge in [0.1, 0.15) is 12.4 Å². The summed E-state index contributed by atoms with van der Waals surface area (Å²) in [6.07, 6.45) is 0.532. The molecule has 0 saturated carbocycles. The molecule has 140 valence electrons. The molecule has 2 amide bonds. The molecule has 0 aromatic heterocycles. The van der Waals surface area contributed by atoms with Crippen LogP contribution < -0.4 is 0 Å². The molecule has 1 heterocycles. The largest absolute Gasteiger partial charge is 0.457 e. The van der Waals surface area contributed by atoms with Gasteiger partial charge in [-0.25, -0.2) is 9.18 Å². The van der Waals surface area contributed by atoms with E-state index in [1.165, 1.54) is 36.4 Å². The first-order chi connectivity index (χ1) is 13.0. The second-order valence-corrected chi connectivity index (χ2v) is 6.07. The highest BCUT2D eigenvalue weighted by atomic mass is 19.1. The van der Waals surface area contributed by atoms with E-state index in [1.54, 1.807) is 13.2 Å². The third-order valence-corrected chi connectivity index (χ3v) is 4.20. The summed E-state index contributed by atoms with van der Waals surface area (Å²) in [4.78, 5) is 38.2. The number of carbonyl (C=O) groups excluding carboxylic acids is 3. The van der Waals surface area contributed by atoms with Crippen LogP contribution in [0.2, 0.25) is 0 Å². The van der Waals surface area contributed by atoms with Crippen molar-refractivity contribution in [2.24, 2.45) is 0 Å². The zero-order chi connectivity index (χ0) is 19.4. The zero-order valence-electron chi connectivity index (χ0n) is 14.7. The number of fused-ring (bicyclic) bond motifs is 1. The summed E-state index contributed by atoms with van der Waals surface area (Å²) in [7, 11) is 1.55. The van der Waals surface area contributed by atoms with Crippen LogP contribution >= 0.6 is 0 Å². The van der Waals surface area contributed by atoms with E-state index >= 15 is 0 Å². The lowest BCUT2D eigenvalue weighted by atomic mass is 10.1. The smallest absolute Gasteiger partial charge is 0.338 e. The summed E-state index contributed by atoms with van der Waals surface area (Å²) in [5, 5.41) is 0. The van der Waals surface area contributed by atoms with Gasteiger partial charge in [-0.3, -0.25) is 14.5 Å². The monoisotopic (exact) mass is 371 g/mol. The second-order valence-electron chi connectivity index (χ2n) is 6.07. The van der Waals surface area contributed by atoms with Crippen molar-refractivity contribution in [3.63, 3.8) is 0 Å². The van der Waals surface area contributed by atoms with Gasteiger partial charge in [0.05, 0.1) is 16.7 Å². The fraction of sp³-hybridized carbons (Fsp3) is 0.250. The average Bonchev–Trinajstić information content (AvgIpc) is 2.90. The van der Waals surface area contributed by atoms with E-state index < -0.39 is 17.7 Å². The molecule has 0 aliphatic carbocycles. The SMILES string of the molecule is COCCCN1C(=O)c2ccc(C(=O)OCc3cccc(F)c3)cc2C1=O. The molecule has 3 rings (SSSR count). The van der Waals surface area contributed by atoms with E-state index in [4.69, 9.17) is 9.47 Å². The van der Waals surface area contributed by atoms with E-state index in [9.17, 15) is 18.8 Å². The molecule has 0 bridgehead atoms. The Balaban J connectivity index is 1.70. The van der Waals surface area contributed by atoms with Crippen molar-refractivity contribution < 1.29 is 28.2 Å². The first kappa shape index (κ1) is 18.7. The first-order valence-corrected chi connectivity index (χ1v) is 8.42. The van der Waals surface area contributed by atoms with E-state index in [0.29, 0.717) is 18.6 Å². The fourth-order valence-corrected chi connectivity index (χ4v) is 2.85. The predicted octanol–water partition coefficient (Wildman–Crippen LogP) is 2.82. The second kappa shape index (κ2) is 8.09. The van der Waals surface area contributed by atoms with Gasteiger partial charge in [0.15, 0.2) is 0 Å². The molecule has 0 fully saturated rings. The number of esters is 1. The van der Waals surface area contributed by atoms with E-state index in [1.807, 2.05) is 0 Å². The van der Waals surface area contributed by atoms with Gasteiger partial charge in [-0.15, -0.1) is 0 Å². The van der Waals surface area contributed by atoms with Gasteiger partial charge in [-0.2, -0.15) is 0 Å². The van der Waals surface area contributed by atoms with E-state index in [0.717, 1.165) is 4.90 Å². The van der Waals surface area contributed by atoms with Gasteiger partial charge < -0.3 is 9.47 Å². The minimum atomic E-state index is -0.653. The van der Waals surface area contributed by atoms with Crippen LogP contribution in [0.15, 0.2) is 42.5 Å². The van der Waals surface area contributed by atoms with Crippen LogP contribution in [0.5, 0.6) is 0 Å². The van der Waals surface area contributed by atoms with Gasteiger partial charge in [-0.1, -0.05) is 12.1 Å². The third kappa shape index (κ3) is 4.03. The Morgan fingerprint density at radius 1 is 1.07 bits per heavy atom. The third-order valence-electron chi connectivity index (χ3n) is 4.20. The van der Waals surface area contributed by atoms with Crippen LogP contribution in [0.3, 0.4) is 0 Å². The van der Waals surface area contributed by atoms with E-state index in [2.05, 4.69) is 0 Å². The maximum atomic E-state index is 13.2. The fourth-order valence-electron chi connectivity index (χ4n) is 2.85. The summed E-state index contributed by atoms with van der Waals surface area (Å²) in [5.41, 5.74) is 1.11. The van der Waals surface area contributed by atoms with Crippen LogP contribution in [0.1, 0.15) is 43.1 Å². The first-order valence-electron chi connectivity index (χ1n) is 8.42. The lowest BCUT2D eigenvalue weighted by Gasteiger charge is -2.12. The molecule has 2 aromatic carbocycles. The molecule has 6 nitrogen and oxygen atoms in total. The maximum Gasteiger partial charge on any atom is 0.338 e. The van der Waals surface area contributed by atoms with Crippen molar-refractivity contribution in [2.45, 2.75) is 13.0 Å². The molecule has 1 aliphatic rings. The summed E-state index contributed by atoms with van der Waals surface area (Å²) in [6, 6.07) is 9.99. The Morgan fingerprint density at radius 3 is 2.59 bits per heavy atom. The number of hydrogen-bond donors (Lipinski definition) is 0. The molecule has 1 aliphatic heterocycles. The maximum absolute atomic E-state index is 13.2. The van der Waals surface area contributed by atoms with Crippen molar-refractivity contribution in [3.05, 3.63) is 70.5 Å². The predicted molar refractivity (Wildman–Crippen MR) is 93.8 cm³/mol. The highest BCUT2D eigenvalue weighted by molar-refractivity contribution is 6.21. The minimum absolute atomic E-state index is 0.0936. The molecule has 0 N–H and O–H groups in total. The number of imide groups is 1. The normalized spacial score (nSPS) is 13.0. The highest BCUT2D eigenvalue weighted by Gasteiger charge is 2.35. The van der Waals surface area contributed by atoms with Crippen molar-refractivity contribution in [3.8, 4) is 0 Å². The minimum Gasteiger partial charge on any atom is -0.457 e. The number of amides is 2. The molecule has 0 unspecified atom stereocenters. The van der Waals surface area contributed by atoms with Crippen molar-refractivity contribution in [2.75, 3.05) is 20.3 Å². The van der Waals surface area contributed by atoms with Crippen LogP contribution in [0, 0.1) is 5.82 Å². The summed E-state index contributed by atoms with van der Waals surface area (Å²) in [6.45, 7) is 0.592. The molecule has 0 spiro atoms. The molecule has 0 saturated heterocycles. The Bertz CT molecular complexity index is 896. The van der Waals surface area contributed by atoms with Gasteiger partial charge in [0.2, 0.25) is 0 Å². The number of halogens is 1. The topological polar surface area (TPSA) is 72.9 Å². The number of methoxy groups -OCH3 is 1. The summed E-state index contributed by atoms with van der Waals surface area (Å²) < 4.78 is 23.3. The molecule has 0 radical (unpaired) electrons. The lowest BCUT2D eigenvalue weighted by molar-refractivity contribution is 0.0472. The van der Waals surface area contributed by atoms with Gasteiger partial charge in [0.25, 0.3) is 11.8 Å². The Labute approximate surface area is 155 Å². The number of benzene rings is 2. The van der Waals surface area contributed by atoms with Crippen LogP contribution in [-0.2, 0) is 16.1 Å². The standard InChI is InChI=1S/C20H18FNO5/c1-26-9-3-8-22-18(23)16-7-6-14(11-17(16)19(22)24)20(25)27-12-13-4-2-5-15(21)10-13/h2,4-7,10-11H,3,8-9,12H2,1H3. The van der Waals surface area contributed by atoms with Gasteiger partial charge >= 0.3 is 5.97 Å². The van der Waals surface area contributed by atoms with Crippen molar-refractivity contribution in [1.29, 1.82) is 0 Å². The number of carbonyl (C=O) groups is 3. The number of nitrogens with zero attached hydrogens (tertiary/aromatic N) is 1. The average molecular weight is 371 g/mol. The molecule has 27 heavy (non-hydrogen) atoms. The molecule has 2 aromatic rings. The van der Waals surface area contributed by atoms with Gasteiger partial charge in [-0.05, 0) is 42.3 Å². The van der Waals surface area contributed by atoms with Crippen LogP contribution in [-0.4, -0.2) is 42.9 Å². The van der Waals surface area contributed by atoms with Crippen molar-refractivity contribution in [1.82, 2.24) is 4.90 Å². The Morgan fingerprint density at radius 2 is 1.85 bits per heavy atom. The molecular formula is C20H18FNO5. The lowest BCUT2D eigenvalue weighted by Crippen LogP contribution is -2.31. The zero-order valence-corrected chi connectivity index (χ0v) is 14.7. The Kier molecular flexibility index (Phi) is 5.61. The van der Waals surface area contributed by atoms with E-state index in [-0.39, 0.29) is 35.7 Å². The number of ether oxygens (including phenoxy) is 2. The van der Waals surface area contributed by atoms with Crippen LogP contribution in [0.25, 0.3) is 0 Å². The number of rotatable bonds is 7. The van der Waals surface area contributed by atoms with Crippen LogP contribution in [0.4, 0.5) is 4.39 Å². The summed E-state index contributed by atoms with van der Waals surface area (Å²) >= 11 is 0. The number of hydrogen-bond acceptors (Lipinski definition) is 5. The van der Waals surface area contributed by atoms with Gasteiger partial charge in [0, 0.05) is 20.3 Å². The molecule has 7 heteroatoms. The Hall–Kier alpha value is -3.06. The molecular weight excluding hydrogens is 353 g/mol. The summed E-state index contributed by atoms with van der Waals surface area (Å²) in [5.74, 6) is -1.89. The highest BCUT2D eigenvalue weighted by Crippen LogP contribution is 2.24. The van der Waals surface area contributed by atoms with Crippen molar-refractivity contribution >= 4 is 17.8 Å². The molecule has 0 atom stereocenters.